The van der Waals surface area contributed by atoms with E-state index in [0.29, 0.717) is 5.92 Å². The molecule has 8 heteroatoms. The molecule has 1 saturated carbocycles. The van der Waals surface area contributed by atoms with Gasteiger partial charge >= 0.3 is 0 Å². The number of anilines is 1. The van der Waals surface area contributed by atoms with Crippen LogP contribution in [-0.2, 0) is 4.79 Å². The second-order valence-electron chi connectivity index (χ2n) is 8.11. The van der Waals surface area contributed by atoms with Crippen molar-refractivity contribution in [2.24, 2.45) is 27.1 Å². The van der Waals surface area contributed by atoms with Gasteiger partial charge in [0.25, 0.3) is 5.91 Å². The van der Waals surface area contributed by atoms with E-state index < -0.39 is 0 Å². The zero-order valence-electron chi connectivity index (χ0n) is 17.4. The summed E-state index contributed by atoms with van der Waals surface area (Å²) in [6.45, 7) is 0.849. The predicted octanol–water partition coefficient (Wildman–Crippen LogP) is 5.57. The van der Waals surface area contributed by atoms with Crippen LogP contribution in [0.1, 0.15) is 50.1 Å². The minimum absolute atomic E-state index is 0.167. The molecule has 4 rings (SSSR count). The fourth-order valence-corrected chi connectivity index (χ4v) is 4.84. The summed E-state index contributed by atoms with van der Waals surface area (Å²) in [7, 11) is 0. The van der Waals surface area contributed by atoms with Gasteiger partial charge in [0.1, 0.15) is 0 Å². The van der Waals surface area contributed by atoms with E-state index in [1.165, 1.54) is 35.7 Å². The van der Waals surface area contributed by atoms with Gasteiger partial charge < -0.3 is 16.1 Å². The van der Waals surface area contributed by atoms with Crippen LogP contribution in [0.2, 0.25) is 0 Å². The van der Waals surface area contributed by atoms with E-state index in [2.05, 4.69) is 55.3 Å². The molecule has 162 valence electrons. The number of nitrogens with two attached hydrogens (primary N) is 1. The van der Waals surface area contributed by atoms with Crippen molar-refractivity contribution >= 4 is 45.8 Å². The van der Waals surface area contributed by atoms with E-state index in [1.54, 1.807) is 0 Å². The zero-order valence-corrected chi connectivity index (χ0v) is 19.5. The van der Waals surface area contributed by atoms with Crippen molar-refractivity contribution in [3.63, 3.8) is 0 Å². The van der Waals surface area contributed by atoms with Crippen LogP contribution in [-0.4, -0.2) is 23.3 Å². The Morgan fingerprint density at radius 3 is 2.61 bits per heavy atom. The van der Waals surface area contributed by atoms with E-state index in [0.717, 1.165) is 29.4 Å². The third-order valence-electron chi connectivity index (χ3n) is 5.99. The van der Waals surface area contributed by atoms with E-state index in [-0.39, 0.29) is 18.4 Å². The lowest BCUT2D eigenvalue weighted by molar-refractivity contribution is -0.119. The summed E-state index contributed by atoms with van der Waals surface area (Å²) in [6.07, 6.45) is 6.45. The summed E-state index contributed by atoms with van der Waals surface area (Å²) in [5.74, 6) is 6.17. The minimum atomic E-state index is -0.327. The number of nitrogens with zero attached hydrogens (tertiary/aromatic N) is 4. The number of aliphatic imine (C=N–C) groups is 1. The molecule has 1 aliphatic heterocycles. The first-order valence-electron chi connectivity index (χ1n) is 10.7. The van der Waals surface area contributed by atoms with E-state index in [4.69, 9.17) is 10.8 Å². The Bertz CT molecular complexity index is 968. The summed E-state index contributed by atoms with van der Waals surface area (Å²) in [5, 5.41) is 10.3. The number of carbonyl (C=O) groups excluding carboxylic acids is 1. The monoisotopic (exact) mass is 530 g/mol. The third kappa shape index (κ3) is 5.41. The van der Waals surface area contributed by atoms with Crippen LogP contribution in [0.15, 0.2) is 63.9 Å². The molecular weight excluding hydrogens is 503 g/mol. The normalized spacial score (nSPS) is 19.2. The number of hydrogen-bond donors (Lipinski definition) is 2. The number of guanidine groups is 1. The number of benzene rings is 2. The van der Waals surface area contributed by atoms with Gasteiger partial charge in [-0.3, -0.25) is 4.79 Å². The number of amides is 1. The van der Waals surface area contributed by atoms with E-state index >= 15 is 0 Å². The number of carbonyl (C=O) groups is 1. The number of nitrogens with one attached hydrogen (secondary N) is 1. The van der Waals surface area contributed by atoms with Crippen molar-refractivity contribution in [1.29, 1.82) is 0 Å². The van der Waals surface area contributed by atoms with Gasteiger partial charge in [0.2, 0.25) is 5.96 Å². The number of fused-ring (bicyclic) bond motifs is 1. The predicted molar refractivity (Wildman–Crippen MR) is 131 cm³/mol. The van der Waals surface area contributed by atoms with Crippen LogP contribution in [0.5, 0.6) is 0 Å². The number of halogens is 1. The first kappa shape index (κ1) is 21.7. The molecular formula is C23H27IN6O. The second kappa shape index (κ2) is 10.2. The van der Waals surface area contributed by atoms with Crippen LogP contribution >= 0.6 is 22.6 Å². The lowest BCUT2D eigenvalue weighted by atomic mass is 9.87. The summed E-state index contributed by atoms with van der Waals surface area (Å²) in [5.41, 5.74) is 2.88. The molecule has 2 aromatic rings. The summed E-state index contributed by atoms with van der Waals surface area (Å²) in [4.78, 5) is 19.6. The van der Waals surface area contributed by atoms with Crippen molar-refractivity contribution in [3.8, 4) is 0 Å². The van der Waals surface area contributed by atoms with Gasteiger partial charge in [-0.05, 0) is 71.7 Å². The molecule has 7 nitrogen and oxygen atoms in total. The average Bonchev–Trinajstić information content (AvgIpc) is 2.78. The molecule has 1 fully saturated rings. The van der Waals surface area contributed by atoms with Crippen molar-refractivity contribution in [2.75, 3.05) is 11.9 Å². The number of hydrogen-bond acceptors (Lipinski definition) is 5. The molecule has 2 aliphatic rings. The molecule has 1 unspecified atom stereocenters. The van der Waals surface area contributed by atoms with E-state index in [9.17, 15) is 4.79 Å². The van der Waals surface area contributed by atoms with Gasteiger partial charge in [0, 0.05) is 21.4 Å². The highest BCUT2D eigenvalue weighted by atomic mass is 127. The summed E-state index contributed by atoms with van der Waals surface area (Å²) >= 11 is 2.30. The van der Waals surface area contributed by atoms with Crippen LogP contribution in [0, 0.1) is 9.49 Å². The van der Waals surface area contributed by atoms with Gasteiger partial charge in [-0.15, -0.1) is 0 Å². The molecule has 3 N–H and O–H groups in total. The van der Waals surface area contributed by atoms with Gasteiger partial charge in [-0.25, -0.2) is 4.99 Å². The van der Waals surface area contributed by atoms with Crippen LogP contribution in [0.3, 0.4) is 0 Å². The fourth-order valence-electron chi connectivity index (χ4n) is 4.48. The van der Waals surface area contributed by atoms with Crippen LogP contribution in [0.4, 0.5) is 11.4 Å². The van der Waals surface area contributed by atoms with Crippen molar-refractivity contribution in [3.05, 3.63) is 57.7 Å². The first-order valence-corrected chi connectivity index (χ1v) is 11.8. The molecule has 0 radical (unpaired) electrons. The molecule has 1 amide bonds. The first-order chi connectivity index (χ1) is 15.1. The zero-order chi connectivity index (χ0) is 21.6. The maximum absolute atomic E-state index is 12.4. The topological polar surface area (TPSA) is 95.4 Å². The number of rotatable bonds is 5. The molecule has 0 bridgehead atoms. The molecule has 1 aliphatic carbocycles. The highest BCUT2D eigenvalue weighted by molar-refractivity contribution is 14.1. The van der Waals surface area contributed by atoms with Crippen molar-refractivity contribution < 1.29 is 4.79 Å². The lowest BCUT2D eigenvalue weighted by Crippen LogP contribution is -2.44. The van der Waals surface area contributed by atoms with Gasteiger partial charge in [-0.2, -0.15) is 0 Å². The average molecular weight is 530 g/mol. The maximum Gasteiger partial charge on any atom is 0.268 e. The Morgan fingerprint density at radius 2 is 1.87 bits per heavy atom. The molecule has 0 spiro atoms. The molecule has 2 aromatic carbocycles. The van der Waals surface area contributed by atoms with E-state index in [1.807, 2.05) is 36.4 Å². The lowest BCUT2D eigenvalue weighted by Gasteiger charge is -2.40. The van der Waals surface area contributed by atoms with Gasteiger partial charge in [0.15, 0.2) is 0 Å². The quantitative estimate of drug-likeness (QED) is 0.229. The van der Waals surface area contributed by atoms with Gasteiger partial charge in [0.05, 0.1) is 18.2 Å². The Hall–Kier alpha value is -2.49. The fraction of sp³-hybridized carbons (Fsp3) is 0.391. The minimum Gasteiger partial charge on any atom is -0.334 e. The molecule has 1 atom stereocenters. The molecule has 0 aromatic heterocycles. The Kier molecular flexibility index (Phi) is 7.16. The second-order valence-corrected chi connectivity index (χ2v) is 9.36. The third-order valence-corrected chi connectivity index (χ3v) is 6.71. The standard InChI is InChI=1S/C23H27IN6O/c24-17-10-12-18(13-11-17)26-23-27-20-9-5-4-8-19(20)21(14-22(31)28-29-25)30(23)15-16-6-2-1-3-7-16/h4-5,8-13,16,21H,1-3,6-7,14-15H2,(H,26,27)(H2,25,28,31). The SMILES string of the molecule is NN=NC(=O)CC1c2ccccc2N=C(Nc2ccc(I)cc2)N1CC1CCCCC1. The summed E-state index contributed by atoms with van der Waals surface area (Å²) < 4.78 is 1.17. The Balaban J connectivity index is 1.70. The smallest absolute Gasteiger partial charge is 0.268 e. The van der Waals surface area contributed by atoms with Gasteiger partial charge in [-0.1, -0.05) is 47.8 Å². The Labute approximate surface area is 196 Å². The van der Waals surface area contributed by atoms with Crippen LogP contribution in [0.25, 0.3) is 0 Å². The molecule has 0 saturated heterocycles. The highest BCUT2D eigenvalue weighted by Gasteiger charge is 2.33. The largest absolute Gasteiger partial charge is 0.334 e. The Morgan fingerprint density at radius 1 is 1.13 bits per heavy atom. The van der Waals surface area contributed by atoms with Crippen molar-refractivity contribution in [1.82, 2.24) is 4.90 Å². The number of para-hydroxylation sites is 1. The van der Waals surface area contributed by atoms with Crippen molar-refractivity contribution in [2.45, 2.75) is 44.6 Å². The molecule has 31 heavy (non-hydrogen) atoms. The summed E-state index contributed by atoms with van der Waals surface area (Å²) in [6, 6.07) is 16.1. The van der Waals surface area contributed by atoms with Crippen LogP contribution < -0.4 is 11.2 Å². The highest BCUT2D eigenvalue weighted by Crippen LogP contribution is 2.39. The molecule has 1 heterocycles. The maximum atomic E-state index is 12.4.